The smallest absolute Gasteiger partial charge is 0.501 e. The van der Waals surface area contributed by atoms with Gasteiger partial charge in [-0.1, -0.05) is 32.4 Å². The van der Waals surface area contributed by atoms with E-state index in [9.17, 15) is 35.9 Å². The number of alkyl halides is 3. The van der Waals surface area contributed by atoms with Crippen molar-refractivity contribution in [1.82, 2.24) is 0 Å². The van der Waals surface area contributed by atoms with Crippen molar-refractivity contribution in [2.24, 2.45) is 0 Å². The number of aromatic hydroxyl groups is 1. The third-order valence-corrected chi connectivity index (χ3v) is 6.13. The molecule has 5 nitrogen and oxygen atoms in total. The number of rotatable bonds is 3. The summed E-state index contributed by atoms with van der Waals surface area (Å²) in [6.07, 6.45) is 0. The van der Waals surface area contributed by atoms with Crippen LogP contribution in [0, 0.1) is 12.7 Å². The van der Waals surface area contributed by atoms with Crippen LogP contribution in [0.15, 0.2) is 29.2 Å². The molecule has 2 N–H and O–H groups in total. The second-order valence-electron chi connectivity index (χ2n) is 7.55. The monoisotopic (exact) mass is 467 g/mol. The highest BCUT2D eigenvalue weighted by Gasteiger charge is 2.47. The number of sulfone groups is 1. The van der Waals surface area contributed by atoms with Crippen molar-refractivity contribution >= 4 is 33.0 Å². The molecular weight excluding hydrogens is 450 g/mol. The SMILES string of the molecule is Cc1c(F)cc(C(C)(C)C)c(O)c1C(=O)Nc1ccc(S(=O)(=O)C(F)(F)F)cc1Cl. The van der Waals surface area contributed by atoms with Gasteiger partial charge in [-0.2, -0.15) is 13.2 Å². The van der Waals surface area contributed by atoms with Gasteiger partial charge < -0.3 is 10.4 Å². The summed E-state index contributed by atoms with van der Waals surface area (Å²) in [6, 6.07) is 3.16. The summed E-state index contributed by atoms with van der Waals surface area (Å²) in [5, 5.41) is 12.3. The van der Waals surface area contributed by atoms with Gasteiger partial charge in [-0.3, -0.25) is 4.79 Å². The van der Waals surface area contributed by atoms with Crippen LogP contribution in [-0.2, 0) is 15.3 Å². The molecule has 2 rings (SSSR count). The van der Waals surface area contributed by atoms with E-state index in [-0.39, 0.29) is 22.4 Å². The molecule has 11 heteroatoms. The number of phenols is 1. The van der Waals surface area contributed by atoms with Gasteiger partial charge in [0.05, 0.1) is 21.2 Å². The van der Waals surface area contributed by atoms with Crippen LogP contribution >= 0.6 is 11.6 Å². The van der Waals surface area contributed by atoms with Gasteiger partial charge in [0.1, 0.15) is 11.6 Å². The molecule has 0 saturated heterocycles. The molecule has 0 bridgehead atoms. The summed E-state index contributed by atoms with van der Waals surface area (Å²) in [5.41, 5.74) is -6.78. The molecule has 164 valence electrons. The lowest BCUT2D eigenvalue weighted by Crippen LogP contribution is -2.23. The van der Waals surface area contributed by atoms with Gasteiger partial charge in [-0.05, 0) is 36.6 Å². The Labute approximate surface area is 175 Å². The molecule has 0 aliphatic carbocycles. The van der Waals surface area contributed by atoms with E-state index in [1.807, 2.05) is 0 Å². The van der Waals surface area contributed by atoms with E-state index in [2.05, 4.69) is 5.32 Å². The van der Waals surface area contributed by atoms with E-state index in [4.69, 9.17) is 11.6 Å². The minimum absolute atomic E-state index is 0.148. The van der Waals surface area contributed by atoms with Crippen LogP contribution in [0.25, 0.3) is 0 Å². The lowest BCUT2D eigenvalue weighted by atomic mass is 9.84. The number of hydrogen-bond donors (Lipinski definition) is 2. The number of phenolic OH excluding ortho intramolecular Hbond substituents is 1. The first-order chi connectivity index (χ1) is 13.5. The summed E-state index contributed by atoms with van der Waals surface area (Å²) in [7, 11) is -5.62. The maximum Gasteiger partial charge on any atom is 0.501 e. The molecule has 0 atom stereocenters. The fourth-order valence-electron chi connectivity index (χ4n) is 2.67. The molecular formula is C19H18ClF4NO4S. The molecule has 1 amide bonds. The highest BCUT2D eigenvalue weighted by atomic mass is 35.5. The van der Waals surface area contributed by atoms with E-state index in [0.717, 1.165) is 12.1 Å². The van der Waals surface area contributed by atoms with Crippen LogP contribution < -0.4 is 5.32 Å². The molecule has 0 radical (unpaired) electrons. The first-order valence-corrected chi connectivity index (χ1v) is 10.3. The molecule has 0 aliphatic heterocycles. The second-order valence-corrected chi connectivity index (χ2v) is 9.90. The molecule has 2 aromatic rings. The Bertz CT molecular complexity index is 1120. The molecule has 0 spiro atoms. The van der Waals surface area contributed by atoms with Crippen LogP contribution in [0.4, 0.5) is 23.2 Å². The number of amides is 1. The average molecular weight is 468 g/mol. The minimum Gasteiger partial charge on any atom is -0.507 e. The minimum atomic E-state index is -5.62. The number of carbonyl (C=O) groups is 1. The van der Waals surface area contributed by atoms with Gasteiger partial charge in [0, 0.05) is 11.1 Å². The van der Waals surface area contributed by atoms with E-state index in [1.165, 1.54) is 6.92 Å². The maximum atomic E-state index is 14.3. The third kappa shape index (κ3) is 4.39. The van der Waals surface area contributed by atoms with Gasteiger partial charge in [0.25, 0.3) is 15.7 Å². The zero-order valence-corrected chi connectivity index (χ0v) is 17.9. The van der Waals surface area contributed by atoms with Crippen LogP contribution in [0.2, 0.25) is 5.02 Å². The maximum absolute atomic E-state index is 14.3. The third-order valence-electron chi connectivity index (χ3n) is 4.34. The van der Waals surface area contributed by atoms with Crippen molar-refractivity contribution in [2.45, 2.75) is 43.5 Å². The Balaban J connectivity index is 2.49. The number of carbonyl (C=O) groups excluding carboxylic acids is 1. The zero-order chi connectivity index (χ0) is 23.2. The normalized spacial score (nSPS) is 12.7. The quantitative estimate of drug-likeness (QED) is 0.597. The van der Waals surface area contributed by atoms with E-state index in [0.29, 0.717) is 12.1 Å². The van der Waals surface area contributed by atoms with Crippen molar-refractivity contribution < 1.29 is 35.9 Å². The topological polar surface area (TPSA) is 83.5 Å². The Kier molecular flexibility index (Phi) is 6.17. The average Bonchev–Trinajstić information content (AvgIpc) is 2.58. The summed E-state index contributed by atoms with van der Waals surface area (Å²) < 4.78 is 75.3. The lowest BCUT2D eigenvalue weighted by Gasteiger charge is -2.23. The van der Waals surface area contributed by atoms with Crippen LogP contribution in [0.3, 0.4) is 0 Å². The number of anilines is 1. The van der Waals surface area contributed by atoms with Crippen LogP contribution in [-0.4, -0.2) is 24.9 Å². The predicted molar refractivity (Wildman–Crippen MR) is 104 cm³/mol. The second kappa shape index (κ2) is 7.73. The fraction of sp³-hybridized carbons (Fsp3) is 0.316. The number of hydrogen-bond acceptors (Lipinski definition) is 4. The molecule has 0 heterocycles. The summed E-state index contributed by atoms with van der Waals surface area (Å²) in [6.45, 7) is 6.39. The van der Waals surface area contributed by atoms with Crippen LogP contribution in [0.1, 0.15) is 42.3 Å². The Morgan fingerprint density at radius 3 is 2.17 bits per heavy atom. The lowest BCUT2D eigenvalue weighted by molar-refractivity contribution is -0.0436. The van der Waals surface area contributed by atoms with Gasteiger partial charge in [0.2, 0.25) is 0 Å². The van der Waals surface area contributed by atoms with Crippen molar-refractivity contribution in [3.05, 3.63) is 51.8 Å². The highest BCUT2D eigenvalue weighted by molar-refractivity contribution is 7.92. The number of halogens is 5. The first-order valence-electron chi connectivity index (χ1n) is 8.43. The molecule has 0 unspecified atom stereocenters. The summed E-state index contributed by atoms with van der Waals surface area (Å²) in [4.78, 5) is 11.6. The molecule has 2 aromatic carbocycles. The standard InChI is InChI=1S/C19H18ClF4NO4S/c1-9-13(21)8-11(18(2,3)4)16(26)15(9)17(27)25-14-6-5-10(7-12(14)20)30(28,29)19(22,23)24/h5-8,26H,1-4H3,(H,25,27). The molecule has 0 fully saturated rings. The van der Waals surface area contributed by atoms with E-state index in [1.54, 1.807) is 20.8 Å². The zero-order valence-electron chi connectivity index (χ0n) is 16.3. The molecule has 30 heavy (non-hydrogen) atoms. The van der Waals surface area contributed by atoms with Crippen molar-refractivity contribution in [3.8, 4) is 5.75 Å². The van der Waals surface area contributed by atoms with Crippen molar-refractivity contribution in [3.63, 3.8) is 0 Å². The van der Waals surface area contributed by atoms with E-state index >= 15 is 0 Å². The van der Waals surface area contributed by atoms with Gasteiger partial charge in [-0.15, -0.1) is 0 Å². The molecule has 0 aliphatic rings. The largest absolute Gasteiger partial charge is 0.507 e. The Morgan fingerprint density at radius 1 is 1.13 bits per heavy atom. The number of nitrogens with one attached hydrogen (secondary N) is 1. The molecule has 0 saturated carbocycles. The Hall–Kier alpha value is -2.33. The fourth-order valence-corrected chi connectivity index (χ4v) is 3.75. The molecule has 0 aromatic heterocycles. The van der Waals surface area contributed by atoms with Crippen LogP contribution in [0.5, 0.6) is 5.75 Å². The first kappa shape index (κ1) is 23.9. The van der Waals surface area contributed by atoms with Gasteiger partial charge in [0.15, 0.2) is 0 Å². The Morgan fingerprint density at radius 2 is 1.70 bits per heavy atom. The summed E-state index contributed by atoms with van der Waals surface area (Å²) in [5.74, 6) is -2.16. The van der Waals surface area contributed by atoms with Gasteiger partial charge in [-0.25, -0.2) is 12.8 Å². The van der Waals surface area contributed by atoms with Crippen molar-refractivity contribution in [1.29, 1.82) is 0 Å². The summed E-state index contributed by atoms with van der Waals surface area (Å²) >= 11 is 5.85. The van der Waals surface area contributed by atoms with E-state index < -0.39 is 48.2 Å². The van der Waals surface area contributed by atoms with Gasteiger partial charge >= 0.3 is 5.51 Å². The van der Waals surface area contributed by atoms with Crippen molar-refractivity contribution in [2.75, 3.05) is 5.32 Å². The predicted octanol–water partition coefficient (Wildman–Crippen LogP) is 5.34. The highest BCUT2D eigenvalue weighted by Crippen LogP contribution is 2.38. The number of benzene rings is 2.